The van der Waals surface area contributed by atoms with Crippen molar-refractivity contribution in [3.8, 4) is 22.7 Å². The number of fused-ring (bicyclic) bond motifs is 6. The zero-order chi connectivity index (χ0) is 97.2. The van der Waals surface area contributed by atoms with Gasteiger partial charge in [0.1, 0.15) is 30.0 Å². The lowest BCUT2D eigenvalue weighted by molar-refractivity contribution is -0.265. The van der Waals surface area contributed by atoms with Crippen molar-refractivity contribution in [1.82, 2.24) is 43.9 Å². The van der Waals surface area contributed by atoms with Gasteiger partial charge in [-0.3, -0.25) is 28.5 Å². The molecule has 2 amide bonds. The number of cyclic esters (lactones) is 1. The molecule has 0 radical (unpaired) electrons. The molecule has 750 valence electrons. The van der Waals surface area contributed by atoms with E-state index in [0.717, 1.165) is 62.0 Å². The van der Waals surface area contributed by atoms with Crippen LogP contribution in [0.3, 0.4) is 0 Å². The van der Waals surface area contributed by atoms with E-state index in [1.807, 2.05) is 87.2 Å². The van der Waals surface area contributed by atoms with E-state index in [9.17, 15) is 44.4 Å². The smallest absolute Gasteiger partial charge is 0.333 e. The van der Waals surface area contributed by atoms with E-state index >= 15 is 0 Å². The van der Waals surface area contributed by atoms with Crippen molar-refractivity contribution >= 4 is 56.9 Å². The maximum Gasteiger partial charge on any atom is 0.333 e. The van der Waals surface area contributed by atoms with Crippen molar-refractivity contribution in [2.75, 3.05) is 172 Å². The number of ether oxygens (including phenoxy) is 14. The molecule has 11 rings (SSSR count). The number of benzene rings is 2. The molecule has 8 heterocycles. The van der Waals surface area contributed by atoms with Crippen molar-refractivity contribution < 1.29 is 111 Å². The second-order valence-corrected chi connectivity index (χ2v) is 36.6. The highest BCUT2D eigenvalue weighted by molar-refractivity contribution is 6.39. The number of carbonyl (C=O) groups is 4. The highest BCUT2D eigenvalue weighted by Gasteiger charge is 2.53. The fourth-order valence-electron chi connectivity index (χ4n) is 18.6. The number of nitrogens with zero attached hydrogens (tertiary/aromatic N) is 11. The average molecular weight is 1900 g/mol. The third-order valence-corrected chi connectivity index (χ3v) is 26.8. The standard InChI is InChI=1S/C101H147N11O24/c1-67-19-15-14-16-20-68(2)88(122-10)61-80-27-22-74(8)101(121,136-80)97(117)98(118)111-33-18-17-21-84(111)99(119)135-89(71(5)57-75-23-30-86(113)90(59-75)123-11)62-87(114)70(4)56-73(7)95(116)96(125-13)93(72(6)55-67)105-134-66-78-65-110(106-104-78)38-40-127-42-44-129-46-48-131-50-52-133-54-53-132-51-49-130-47-45-128-43-41-126-39-32-92(115)109-36-34-108(35-37-109)83-29-26-79(58-69(83)3)112-94-81-60-76(77-25-31-91(124-12)103-63-77)24-28-82(81)102-64-85(94)107(9)100(112)120/h14-16,19-20,24-26,28-29,31,56,58,60,63-65,67,70-72,74-75,80,84,86-90,95-96,113-114,116,121H,17-18,21-23,27,30,32-55,57,59,61-62,66H2,1-13H3/b16-14+,19-15+,68-20+,73-56+,105-93?/t67-,70-,71-,72-,74-,75+,80+,84+,86-,87-,88+,89+,90-,95-,96+,101-/m1/s1. The third-order valence-electron chi connectivity index (χ3n) is 26.8. The van der Waals surface area contributed by atoms with Gasteiger partial charge in [-0.25, -0.2) is 19.3 Å². The fraction of sp³-hybridized carbons (Fsp3) is 0.644. The van der Waals surface area contributed by atoms with Crippen LogP contribution in [-0.2, 0) is 106 Å². The van der Waals surface area contributed by atoms with E-state index in [1.165, 1.54) is 12.0 Å². The molecule has 4 fully saturated rings. The number of hydrogen-bond acceptors (Lipinski definition) is 30. The number of carbonyl (C=O) groups excluding carboxylic acids is 4. The van der Waals surface area contributed by atoms with Gasteiger partial charge in [-0.2, -0.15) is 0 Å². The molecular weight excluding hydrogens is 1750 g/mol. The summed E-state index contributed by atoms with van der Waals surface area (Å²) in [7, 11) is 8.02. The van der Waals surface area contributed by atoms with Crippen LogP contribution in [0.2, 0.25) is 0 Å². The molecule has 35 heteroatoms. The minimum Gasteiger partial charge on any atom is -0.481 e. The number of pyridine rings is 2. The molecular formula is C101H147N11O24. The second-order valence-electron chi connectivity index (χ2n) is 36.6. The van der Waals surface area contributed by atoms with Crippen molar-refractivity contribution in [2.24, 2.45) is 47.7 Å². The van der Waals surface area contributed by atoms with Crippen LogP contribution in [0.25, 0.3) is 38.8 Å². The number of aliphatic hydroxyl groups excluding tert-OH is 3. The number of imidazole rings is 1. The van der Waals surface area contributed by atoms with Gasteiger partial charge in [0, 0.05) is 121 Å². The van der Waals surface area contributed by atoms with Crippen LogP contribution in [-0.4, -0.2) is 321 Å². The van der Waals surface area contributed by atoms with Gasteiger partial charge in [-0.05, 0) is 161 Å². The summed E-state index contributed by atoms with van der Waals surface area (Å²) in [5, 5.41) is 61.5. The van der Waals surface area contributed by atoms with Gasteiger partial charge in [0.25, 0.3) is 11.7 Å². The van der Waals surface area contributed by atoms with Crippen LogP contribution < -0.4 is 15.3 Å². The number of aromatic nitrogens is 7. The van der Waals surface area contributed by atoms with Gasteiger partial charge in [0.2, 0.25) is 17.6 Å². The number of anilines is 1. The molecule has 35 nitrogen and oxygen atoms in total. The summed E-state index contributed by atoms with van der Waals surface area (Å²) in [6, 6.07) is 14.8. The predicted octanol–water partition coefficient (Wildman–Crippen LogP) is 10.0. The normalized spacial score (nSPS) is 27.1. The van der Waals surface area contributed by atoms with Gasteiger partial charge in [-0.15, -0.1) is 5.10 Å². The molecule has 1 aliphatic carbocycles. The SMILES string of the molecule is COc1ccc(-c2ccc3ncc4c(c3c2)n(-c2ccc(N3CCN(C(=O)CCOCCOCCOCCOCCOCCOCCOCCOCCn5cc(CON=C6[C@H](C)C[C@H](C)/C=C/C=C/C=C(\C)[C@@H](OC)C[C@@H]7CC[C@@H](C)[C@@](O)(O7)C(=O)C(=O)N7CCCC[C@H]7C(=O)O[C@H]([C@H](C)C[C@@H]7CC[C@@H](O)[C@H](OC)C7)C[C@@H](O)[C@H](C)/C=C(\C)[C@@H](O)[C@H]6OC)nn5)CC3)c(C)c2)c(=O)n4C)cn1. The topological polar surface area (TPSA) is 393 Å². The van der Waals surface area contributed by atoms with Gasteiger partial charge in [0.05, 0.1) is 197 Å². The van der Waals surface area contributed by atoms with E-state index in [4.69, 9.17) is 76.1 Å². The minimum absolute atomic E-state index is 0.00397. The number of Topliss-reactive ketones (excluding diaryl/α,β-unsaturated/α-hetero) is 1. The Morgan fingerprint density at radius 2 is 1.33 bits per heavy atom. The number of aliphatic hydroxyl groups is 4. The van der Waals surface area contributed by atoms with Crippen molar-refractivity contribution in [1.29, 1.82) is 0 Å². The van der Waals surface area contributed by atoms with Crippen molar-refractivity contribution in [2.45, 2.75) is 213 Å². The Hall–Kier alpha value is -9.12. The Kier molecular flexibility index (Phi) is 43.0. The van der Waals surface area contributed by atoms with Crippen LogP contribution in [0.15, 0.2) is 125 Å². The van der Waals surface area contributed by atoms with Crippen LogP contribution in [0.1, 0.15) is 143 Å². The first-order chi connectivity index (χ1) is 65.7. The zero-order valence-corrected chi connectivity index (χ0v) is 81.8. The van der Waals surface area contributed by atoms with Gasteiger partial charge in [-0.1, -0.05) is 87.5 Å². The number of rotatable bonds is 40. The summed E-state index contributed by atoms with van der Waals surface area (Å²) in [5.74, 6) is -6.59. The van der Waals surface area contributed by atoms with Crippen LogP contribution in [0.4, 0.5) is 5.69 Å². The Morgan fingerprint density at radius 1 is 0.662 bits per heavy atom. The molecule has 1 saturated carbocycles. The number of oxime groups is 1. The average Bonchev–Trinajstić information content (AvgIpc) is 1.60. The predicted molar refractivity (Wildman–Crippen MR) is 512 cm³/mol. The molecule has 6 aromatic rings. The van der Waals surface area contributed by atoms with Crippen LogP contribution >= 0.6 is 0 Å². The molecule has 0 unspecified atom stereocenters. The van der Waals surface area contributed by atoms with Crippen LogP contribution in [0.5, 0.6) is 5.88 Å². The maximum absolute atomic E-state index is 14.8. The number of aryl methyl sites for hydroxylation is 2. The summed E-state index contributed by atoms with van der Waals surface area (Å²) in [5.41, 5.74) is 9.12. The Bertz CT molecular complexity index is 4970. The minimum atomic E-state index is -2.46. The monoisotopic (exact) mass is 1900 g/mol. The first-order valence-corrected chi connectivity index (χ1v) is 48.4. The summed E-state index contributed by atoms with van der Waals surface area (Å²) < 4.78 is 86.3. The van der Waals surface area contributed by atoms with Crippen molar-refractivity contribution in [3.05, 3.63) is 136 Å². The van der Waals surface area contributed by atoms with E-state index in [-0.39, 0.29) is 73.8 Å². The van der Waals surface area contributed by atoms with Crippen LogP contribution in [0, 0.1) is 42.4 Å². The molecule has 16 atom stereocenters. The summed E-state index contributed by atoms with van der Waals surface area (Å²) >= 11 is 0. The van der Waals surface area contributed by atoms with Gasteiger partial charge in [0.15, 0.2) is 6.61 Å². The Morgan fingerprint density at radius 3 is 1.97 bits per heavy atom. The lowest BCUT2D eigenvalue weighted by Gasteiger charge is -2.43. The van der Waals surface area contributed by atoms with E-state index in [1.54, 1.807) is 80.7 Å². The molecule has 3 saturated heterocycles. The van der Waals surface area contributed by atoms with Crippen molar-refractivity contribution in [3.63, 3.8) is 0 Å². The molecule has 2 aromatic carbocycles. The molecule has 4 aromatic heterocycles. The molecule has 5 aliphatic rings. The highest BCUT2D eigenvalue weighted by atomic mass is 16.6. The van der Waals surface area contributed by atoms with Gasteiger partial charge < -0.3 is 106 Å². The molecule has 4 N–H and O–H groups in total. The third kappa shape index (κ3) is 30.2. The molecule has 0 spiro atoms. The number of methoxy groups -OCH3 is 4. The number of allylic oxidation sites excluding steroid dienone is 5. The Balaban J connectivity index is 0.543. The quantitative estimate of drug-likeness (QED) is 0.00913. The van der Waals surface area contributed by atoms with Gasteiger partial charge >= 0.3 is 11.7 Å². The molecule has 4 aliphatic heterocycles. The lowest BCUT2D eigenvalue weighted by atomic mass is 9.78. The first-order valence-electron chi connectivity index (χ1n) is 48.4. The largest absolute Gasteiger partial charge is 0.481 e. The fourth-order valence-corrected chi connectivity index (χ4v) is 18.6. The van der Waals surface area contributed by atoms with E-state index in [0.29, 0.717) is 219 Å². The number of piperazine rings is 1. The number of ketones is 1. The number of amides is 2. The van der Waals surface area contributed by atoms with E-state index in [2.05, 4.69) is 63.5 Å². The second kappa shape index (κ2) is 54.4. The number of hydrogen-bond donors (Lipinski definition) is 4. The lowest BCUT2D eigenvalue weighted by Crippen LogP contribution is -2.61. The molecule has 2 bridgehead atoms. The summed E-state index contributed by atoms with van der Waals surface area (Å²) in [4.78, 5) is 91.4. The highest BCUT2D eigenvalue weighted by Crippen LogP contribution is 2.40. The molecule has 136 heavy (non-hydrogen) atoms. The van der Waals surface area contributed by atoms with E-state index < -0.39 is 84.1 Å². The first kappa shape index (κ1) is 107. The zero-order valence-electron chi connectivity index (χ0n) is 81.8. The Labute approximate surface area is 799 Å². The number of esters is 1. The summed E-state index contributed by atoms with van der Waals surface area (Å²) in [6.45, 7) is 24.5. The maximum atomic E-state index is 14.8. The summed E-state index contributed by atoms with van der Waals surface area (Å²) in [6.07, 6.45) is 16.3. The number of piperidine rings is 1.